The highest BCUT2D eigenvalue weighted by Gasteiger charge is 2.49. The molecule has 0 aliphatic heterocycles. The van der Waals surface area contributed by atoms with Crippen LogP contribution in [0, 0.1) is 5.92 Å². The maximum absolute atomic E-state index is 12.4. The Bertz CT molecular complexity index is 695. The summed E-state index contributed by atoms with van der Waals surface area (Å²) < 4.78 is 10.2. The van der Waals surface area contributed by atoms with Crippen molar-refractivity contribution in [1.29, 1.82) is 0 Å². The Labute approximate surface area is 152 Å². The molecule has 2 aromatic rings. The maximum atomic E-state index is 12.4. The fourth-order valence-electron chi connectivity index (χ4n) is 2.18. The zero-order valence-corrected chi connectivity index (χ0v) is 14.9. The molecule has 0 aliphatic carbocycles. The quantitative estimate of drug-likeness (QED) is 0.609. The first-order valence-electron chi connectivity index (χ1n) is 8.15. The normalized spacial score (nSPS) is 13.0. The summed E-state index contributed by atoms with van der Waals surface area (Å²) >= 11 is 0. The van der Waals surface area contributed by atoms with Crippen molar-refractivity contribution >= 4 is 11.9 Å². The van der Waals surface area contributed by atoms with E-state index in [9.17, 15) is 19.8 Å². The Morgan fingerprint density at radius 3 is 1.46 bits per heavy atom. The van der Waals surface area contributed by atoms with Crippen molar-refractivity contribution in [3.63, 3.8) is 0 Å². The molecule has 2 N–H and O–H groups in total. The van der Waals surface area contributed by atoms with Crippen molar-refractivity contribution in [3.8, 4) is 0 Å². The van der Waals surface area contributed by atoms with Crippen molar-refractivity contribution in [3.05, 3.63) is 71.8 Å². The van der Waals surface area contributed by atoms with E-state index >= 15 is 0 Å². The second kappa shape index (κ2) is 7.68. The van der Waals surface area contributed by atoms with Crippen LogP contribution in [0.3, 0.4) is 0 Å². The minimum Gasteiger partial charge on any atom is -0.394 e. The molecular formula is C20H22O6. The summed E-state index contributed by atoms with van der Waals surface area (Å²) in [5, 5.41) is 21.1. The van der Waals surface area contributed by atoms with E-state index in [4.69, 9.17) is 9.47 Å². The second-order valence-corrected chi connectivity index (χ2v) is 6.52. The lowest BCUT2D eigenvalue weighted by molar-refractivity contribution is -0.349. The van der Waals surface area contributed by atoms with Crippen molar-refractivity contribution in [2.24, 2.45) is 5.92 Å². The van der Waals surface area contributed by atoms with Gasteiger partial charge in [-0.15, -0.1) is 0 Å². The molecule has 1 atom stereocenters. The van der Waals surface area contributed by atoms with Crippen LogP contribution >= 0.6 is 0 Å². The van der Waals surface area contributed by atoms with Gasteiger partial charge in [0.15, 0.2) is 0 Å². The van der Waals surface area contributed by atoms with Gasteiger partial charge in [0, 0.05) is 0 Å². The number of carbonyl (C=O) groups excluding carboxylic acids is 2. The summed E-state index contributed by atoms with van der Waals surface area (Å²) in [4.78, 5) is 24.7. The van der Waals surface area contributed by atoms with Gasteiger partial charge in [0.25, 0.3) is 0 Å². The topological polar surface area (TPSA) is 93.1 Å². The fraction of sp³-hybridized carbons (Fsp3) is 0.300. The molecule has 138 valence electrons. The van der Waals surface area contributed by atoms with Gasteiger partial charge in [-0.05, 0) is 45.0 Å². The molecule has 2 aromatic carbocycles. The zero-order chi connectivity index (χ0) is 19.4. The van der Waals surface area contributed by atoms with E-state index in [2.05, 4.69) is 0 Å². The van der Waals surface area contributed by atoms with Gasteiger partial charge in [0.05, 0.1) is 22.6 Å². The van der Waals surface area contributed by atoms with Crippen LogP contribution in [-0.4, -0.2) is 33.7 Å². The molecule has 0 aliphatic rings. The molecule has 0 saturated carbocycles. The Morgan fingerprint density at radius 2 is 1.15 bits per heavy atom. The van der Waals surface area contributed by atoms with Crippen molar-refractivity contribution in [2.75, 3.05) is 0 Å². The first-order chi connectivity index (χ1) is 12.1. The predicted molar refractivity (Wildman–Crippen MR) is 94.1 cm³/mol. The van der Waals surface area contributed by atoms with Crippen LogP contribution in [0.2, 0.25) is 0 Å². The zero-order valence-electron chi connectivity index (χ0n) is 14.9. The van der Waals surface area contributed by atoms with E-state index in [1.54, 1.807) is 36.4 Å². The van der Waals surface area contributed by atoms with Crippen LogP contribution < -0.4 is 0 Å². The molecule has 26 heavy (non-hydrogen) atoms. The van der Waals surface area contributed by atoms with E-state index in [1.165, 1.54) is 45.0 Å². The van der Waals surface area contributed by atoms with E-state index < -0.39 is 29.4 Å². The molecule has 1 unspecified atom stereocenters. The molecule has 0 spiro atoms. The Hall–Kier alpha value is -2.70. The molecule has 0 radical (unpaired) electrons. The maximum Gasteiger partial charge on any atom is 0.379 e. The number of benzene rings is 2. The Balaban J connectivity index is 2.30. The molecule has 0 saturated heterocycles. The van der Waals surface area contributed by atoms with Gasteiger partial charge in [0.1, 0.15) is 0 Å². The Morgan fingerprint density at radius 1 is 0.808 bits per heavy atom. The standard InChI is InChI=1S/C20H22O6/c1-14(19(2,3)23)20(24,25-17(21)15-10-6-4-7-11-15)26-18(22)16-12-8-5-9-13-16/h4-14,23-24H,1-3H3. The van der Waals surface area contributed by atoms with Crippen LogP contribution in [0.15, 0.2) is 60.7 Å². The number of hydrogen-bond acceptors (Lipinski definition) is 6. The van der Waals surface area contributed by atoms with Gasteiger partial charge < -0.3 is 19.7 Å². The largest absolute Gasteiger partial charge is 0.394 e. The van der Waals surface area contributed by atoms with Crippen molar-refractivity contribution < 1.29 is 29.3 Å². The predicted octanol–water partition coefficient (Wildman–Crippen LogP) is 2.75. The second-order valence-electron chi connectivity index (χ2n) is 6.52. The number of rotatable bonds is 6. The molecule has 2 rings (SSSR count). The smallest absolute Gasteiger partial charge is 0.379 e. The van der Waals surface area contributed by atoms with E-state index in [0.717, 1.165) is 0 Å². The van der Waals surface area contributed by atoms with E-state index in [-0.39, 0.29) is 11.1 Å². The van der Waals surface area contributed by atoms with Crippen LogP contribution in [0.25, 0.3) is 0 Å². The number of esters is 2. The summed E-state index contributed by atoms with van der Waals surface area (Å²) in [7, 11) is 0. The molecule has 6 nitrogen and oxygen atoms in total. The van der Waals surface area contributed by atoms with Gasteiger partial charge in [0.2, 0.25) is 0 Å². The van der Waals surface area contributed by atoms with E-state index in [0.29, 0.717) is 0 Å². The van der Waals surface area contributed by atoms with Gasteiger partial charge in [-0.3, -0.25) is 0 Å². The van der Waals surface area contributed by atoms with Crippen LogP contribution in [-0.2, 0) is 9.47 Å². The van der Waals surface area contributed by atoms with Gasteiger partial charge in [-0.2, -0.15) is 0 Å². The lowest BCUT2D eigenvalue weighted by Gasteiger charge is -2.37. The number of carbonyl (C=O) groups is 2. The number of ether oxygens (including phenoxy) is 2. The average Bonchev–Trinajstić information content (AvgIpc) is 2.61. The van der Waals surface area contributed by atoms with Gasteiger partial charge >= 0.3 is 17.9 Å². The summed E-state index contributed by atoms with van der Waals surface area (Å²) in [6.07, 6.45) is 0. The van der Waals surface area contributed by atoms with Crippen molar-refractivity contribution in [1.82, 2.24) is 0 Å². The van der Waals surface area contributed by atoms with Crippen molar-refractivity contribution in [2.45, 2.75) is 32.3 Å². The molecule has 6 heteroatoms. The highest BCUT2D eigenvalue weighted by Crippen LogP contribution is 2.32. The minimum atomic E-state index is -2.65. The summed E-state index contributed by atoms with van der Waals surface area (Å²) in [6, 6.07) is 15.9. The van der Waals surface area contributed by atoms with Crippen LogP contribution in [0.1, 0.15) is 41.5 Å². The minimum absolute atomic E-state index is 0.171. The van der Waals surface area contributed by atoms with Gasteiger partial charge in [-0.1, -0.05) is 36.4 Å². The van der Waals surface area contributed by atoms with Crippen LogP contribution in [0.5, 0.6) is 0 Å². The first-order valence-corrected chi connectivity index (χ1v) is 8.15. The lowest BCUT2D eigenvalue weighted by atomic mass is 9.90. The molecule has 0 aromatic heterocycles. The Kier molecular flexibility index (Phi) is 5.79. The molecule has 0 fully saturated rings. The summed E-state index contributed by atoms with van der Waals surface area (Å²) in [5.41, 5.74) is -1.16. The highest BCUT2D eigenvalue weighted by atomic mass is 16.8. The first kappa shape index (κ1) is 19.6. The molecule has 0 bridgehead atoms. The molecule has 0 heterocycles. The van der Waals surface area contributed by atoms with Crippen LogP contribution in [0.4, 0.5) is 0 Å². The third-order valence-electron chi connectivity index (χ3n) is 4.10. The number of hydrogen-bond donors (Lipinski definition) is 2. The fourth-order valence-corrected chi connectivity index (χ4v) is 2.18. The summed E-state index contributed by atoms with van der Waals surface area (Å²) in [6.45, 7) is 4.24. The summed E-state index contributed by atoms with van der Waals surface area (Å²) in [5.74, 6) is -5.55. The van der Waals surface area contributed by atoms with E-state index in [1.807, 2.05) is 0 Å². The highest BCUT2D eigenvalue weighted by molar-refractivity contribution is 5.91. The average molecular weight is 358 g/mol. The van der Waals surface area contributed by atoms with Gasteiger partial charge in [-0.25, -0.2) is 9.59 Å². The third kappa shape index (κ3) is 4.68. The molecule has 0 amide bonds. The third-order valence-corrected chi connectivity index (χ3v) is 4.10. The monoisotopic (exact) mass is 358 g/mol. The molecular weight excluding hydrogens is 336 g/mol. The SMILES string of the molecule is CC(C(C)(C)O)C(O)(OC(=O)c1ccccc1)OC(=O)c1ccccc1. The lowest BCUT2D eigenvalue weighted by Crippen LogP contribution is -2.53. The number of aliphatic hydroxyl groups is 2.